The van der Waals surface area contributed by atoms with Crippen LogP contribution in [0.25, 0.3) is 10.9 Å². The molecule has 0 aliphatic heterocycles. The normalized spacial score (nSPS) is 12.1. The number of ketones is 1. The Balaban J connectivity index is 2.32. The van der Waals surface area contributed by atoms with Crippen LogP contribution in [0.4, 0.5) is 0 Å². The van der Waals surface area contributed by atoms with Crippen molar-refractivity contribution in [3.8, 4) is 0 Å². The predicted octanol–water partition coefficient (Wildman–Crippen LogP) is 0.914. The highest BCUT2D eigenvalue weighted by molar-refractivity contribution is 6.04. The van der Waals surface area contributed by atoms with Crippen LogP contribution in [0.15, 0.2) is 36.5 Å². The molecule has 2 aromatic rings. The van der Waals surface area contributed by atoms with E-state index < -0.39 is 12.6 Å². The Labute approximate surface area is 110 Å². The summed E-state index contributed by atoms with van der Waals surface area (Å²) in [6.45, 7) is 0.879. The Kier molecular flexibility index (Phi) is 3.87. The molecule has 0 aliphatic rings. The average Bonchev–Trinajstić information content (AvgIpc) is 2.43. The minimum atomic E-state index is -0.911. The molecule has 1 atom stereocenters. The molecule has 0 bridgehead atoms. The maximum atomic E-state index is 12.2. The maximum absolute atomic E-state index is 12.2. The van der Waals surface area contributed by atoms with Crippen LogP contribution >= 0.6 is 0 Å². The smallest absolute Gasteiger partial charge is 0.217 e. The van der Waals surface area contributed by atoms with Crippen molar-refractivity contribution in [3.05, 3.63) is 42.1 Å². The molecule has 1 aromatic carbocycles. The molecular formula is C14H14N2O3. The third kappa shape index (κ3) is 2.95. The van der Waals surface area contributed by atoms with Gasteiger partial charge < -0.3 is 10.4 Å². The standard InChI is InChI=1S/C14H14N2O3/c1-9(18)16-13(8-17)14(19)11-4-5-12-10(7-11)3-2-6-15-12/h2-7,13,17H,8H2,1H3,(H,16,18)/t13-/m0/s1. The van der Waals surface area contributed by atoms with Crippen LogP contribution in [0.3, 0.4) is 0 Å². The number of hydrogen-bond acceptors (Lipinski definition) is 4. The zero-order chi connectivity index (χ0) is 13.8. The molecule has 2 rings (SSSR count). The lowest BCUT2D eigenvalue weighted by molar-refractivity contribution is -0.119. The van der Waals surface area contributed by atoms with E-state index in [1.807, 2.05) is 6.07 Å². The number of aliphatic hydroxyl groups excluding tert-OH is 1. The number of aromatic nitrogens is 1. The molecule has 0 unspecified atom stereocenters. The lowest BCUT2D eigenvalue weighted by Crippen LogP contribution is -2.42. The van der Waals surface area contributed by atoms with E-state index in [2.05, 4.69) is 10.3 Å². The van der Waals surface area contributed by atoms with Gasteiger partial charge in [-0.1, -0.05) is 6.07 Å². The fourth-order valence-corrected chi connectivity index (χ4v) is 1.87. The van der Waals surface area contributed by atoms with Crippen molar-refractivity contribution in [2.75, 3.05) is 6.61 Å². The summed E-state index contributed by atoms with van der Waals surface area (Å²) in [6, 6.07) is 7.81. The van der Waals surface area contributed by atoms with E-state index >= 15 is 0 Å². The SMILES string of the molecule is CC(=O)N[C@@H](CO)C(=O)c1ccc2ncccc2c1. The Morgan fingerprint density at radius 2 is 2.16 bits per heavy atom. The number of aliphatic hydroxyl groups is 1. The van der Waals surface area contributed by atoms with Crippen LogP contribution in [0, 0.1) is 0 Å². The van der Waals surface area contributed by atoms with E-state index in [1.165, 1.54) is 6.92 Å². The van der Waals surface area contributed by atoms with E-state index in [0.29, 0.717) is 5.56 Å². The van der Waals surface area contributed by atoms with Gasteiger partial charge in [0.2, 0.25) is 5.91 Å². The molecule has 1 heterocycles. The number of nitrogens with one attached hydrogen (secondary N) is 1. The molecule has 5 heteroatoms. The van der Waals surface area contributed by atoms with Crippen LogP contribution in [-0.4, -0.2) is 34.4 Å². The van der Waals surface area contributed by atoms with Crippen LogP contribution in [-0.2, 0) is 4.79 Å². The Bertz CT molecular complexity index is 625. The molecule has 0 radical (unpaired) electrons. The predicted molar refractivity (Wildman–Crippen MR) is 70.8 cm³/mol. The van der Waals surface area contributed by atoms with E-state index in [-0.39, 0.29) is 11.7 Å². The van der Waals surface area contributed by atoms with Crippen molar-refractivity contribution in [3.63, 3.8) is 0 Å². The van der Waals surface area contributed by atoms with Gasteiger partial charge in [0, 0.05) is 24.1 Å². The van der Waals surface area contributed by atoms with Crippen molar-refractivity contribution in [2.45, 2.75) is 13.0 Å². The molecule has 0 saturated heterocycles. The minimum Gasteiger partial charge on any atom is -0.394 e. The molecule has 5 nitrogen and oxygen atoms in total. The molecule has 2 N–H and O–H groups in total. The number of rotatable bonds is 4. The number of fused-ring (bicyclic) bond motifs is 1. The van der Waals surface area contributed by atoms with Gasteiger partial charge in [-0.2, -0.15) is 0 Å². The first-order valence-corrected chi connectivity index (χ1v) is 5.89. The van der Waals surface area contributed by atoms with Crippen molar-refractivity contribution < 1.29 is 14.7 Å². The first-order valence-electron chi connectivity index (χ1n) is 5.89. The van der Waals surface area contributed by atoms with Gasteiger partial charge in [0.15, 0.2) is 5.78 Å². The highest BCUT2D eigenvalue weighted by Crippen LogP contribution is 2.14. The molecule has 1 amide bonds. The van der Waals surface area contributed by atoms with Gasteiger partial charge in [-0.25, -0.2) is 0 Å². The molecule has 1 aromatic heterocycles. The van der Waals surface area contributed by atoms with Gasteiger partial charge in [-0.3, -0.25) is 14.6 Å². The number of hydrogen-bond donors (Lipinski definition) is 2. The van der Waals surface area contributed by atoms with Gasteiger partial charge in [-0.05, 0) is 24.3 Å². The molecular weight excluding hydrogens is 244 g/mol. The summed E-state index contributed by atoms with van der Waals surface area (Å²) < 4.78 is 0. The minimum absolute atomic E-state index is 0.316. The van der Waals surface area contributed by atoms with Crippen LogP contribution in [0.2, 0.25) is 0 Å². The van der Waals surface area contributed by atoms with Gasteiger partial charge in [0.05, 0.1) is 12.1 Å². The fourth-order valence-electron chi connectivity index (χ4n) is 1.87. The number of carbonyl (C=O) groups is 2. The average molecular weight is 258 g/mol. The summed E-state index contributed by atoms with van der Waals surface area (Å²) in [5.74, 6) is -0.668. The quantitative estimate of drug-likeness (QED) is 0.799. The van der Waals surface area contributed by atoms with E-state index in [9.17, 15) is 14.7 Å². The summed E-state index contributed by atoms with van der Waals surface area (Å²) >= 11 is 0. The van der Waals surface area contributed by atoms with Crippen molar-refractivity contribution in [2.24, 2.45) is 0 Å². The second-order valence-corrected chi connectivity index (χ2v) is 4.21. The van der Waals surface area contributed by atoms with E-state index in [4.69, 9.17) is 0 Å². The molecule has 0 aliphatic carbocycles. The topological polar surface area (TPSA) is 79.3 Å². The second kappa shape index (κ2) is 5.58. The summed E-state index contributed by atoms with van der Waals surface area (Å²) in [5.41, 5.74) is 1.23. The van der Waals surface area contributed by atoms with Gasteiger partial charge in [0.25, 0.3) is 0 Å². The van der Waals surface area contributed by atoms with Gasteiger partial charge in [0.1, 0.15) is 6.04 Å². The first kappa shape index (κ1) is 13.2. The largest absolute Gasteiger partial charge is 0.394 e. The molecule has 19 heavy (non-hydrogen) atoms. The van der Waals surface area contributed by atoms with Gasteiger partial charge >= 0.3 is 0 Å². The molecule has 0 spiro atoms. The lowest BCUT2D eigenvalue weighted by atomic mass is 10.0. The van der Waals surface area contributed by atoms with Crippen LogP contribution < -0.4 is 5.32 Å². The Morgan fingerprint density at radius 3 is 2.84 bits per heavy atom. The summed E-state index contributed by atoms with van der Waals surface area (Å²) in [6.07, 6.45) is 1.68. The van der Waals surface area contributed by atoms with Gasteiger partial charge in [-0.15, -0.1) is 0 Å². The number of Topliss-reactive ketones (excluding diaryl/α,β-unsaturated/α-hetero) is 1. The Hall–Kier alpha value is -2.27. The zero-order valence-corrected chi connectivity index (χ0v) is 10.5. The Morgan fingerprint density at radius 1 is 1.37 bits per heavy atom. The molecule has 98 valence electrons. The lowest BCUT2D eigenvalue weighted by Gasteiger charge is -2.14. The maximum Gasteiger partial charge on any atom is 0.217 e. The van der Waals surface area contributed by atoms with E-state index in [0.717, 1.165) is 10.9 Å². The molecule has 0 saturated carbocycles. The number of nitrogens with zero attached hydrogens (tertiary/aromatic N) is 1. The number of benzene rings is 1. The second-order valence-electron chi connectivity index (χ2n) is 4.21. The van der Waals surface area contributed by atoms with Crippen LogP contribution in [0.1, 0.15) is 17.3 Å². The third-order valence-electron chi connectivity index (χ3n) is 2.76. The third-order valence-corrected chi connectivity index (χ3v) is 2.76. The highest BCUT2D eigenvalue weighted by atomic mass is 16.3. The first-order chi connectivity index (χ1) is 9.11. The van der Waals surface area contributed by atoms with Crippen molar-refractivity contribution >= 4 is 22.6 Å². The van der Waals surface area contributed by atoms with Crippen LogP contribution in [0.5, 0.6) is 0 Å². The zero-order valence-electron chi connectivity index (χ0n) is 10.5. The van der Waals surface area contributed by atoms with Crippen molar-refractivity contribution in [1.82, 2.24) is 10.3 Å². The number of pyridine rings is 1. The summed E-state index contributed by atoms with van der Waals surface area (Å²) in [4.78, 5) is 27.3. The molecule has 0 fully saturated rings. The van der Waals surface area contributed by atoms with E-state index in [1.54, 1.807) is 30.5 Å². The highest BCUT2D eigenvalue weighted by Gasteiger charge is 2.20. The fraction of sp³-hybridized carbons (Fsp3) is 0.214. The number of carbonyl (C=O) groups excluding carboxylic acids is 2. The van der Waals surface area contributed by atoms with Crippen molar-refractivity contribution in [1.29, 1.82) is 0 Å². The number of amides is 1. The summed E-state index contributed by atoms with van der Waals surface area (Å²) in [5, 5.41) is 12.4. The summed E-state index contributed by atoms with van der Waals surface area (Å²) in [7, 11) is 0. The monoisotopic (exact) mass is 258 g/mol.